The molecule has 9 rings (SSSR count). The average molecular weight is 653 g/mol. The van der Waals surface area contributed by atoms with E-state index >= 15 is 0 Å². The van der Waals surface area contributed by atoms with Crippen LogP contribution in [0, 0.1) is 0 Å². The first-order valence-corrected chi connectivity index (χ1v) is 17.5. The molecule has 0 aromatic heterocycles. The van der Waals surface area contributed by atoms with Gasteiger partial charge in [-0.25, -0.2) is 0 Å². The molecule has 0 aliphatic rings. The van der Waals surface area contributed by atoms with Gasteiger partial charge in [0.25, 0.3) is 0 Å². The standard InChI is InChI=1S/C49H36N2/c50-46-20-10-11-21-47(46)51(33-34-12-2-1-3-13-34)41-30-28-38(29-31-41)49-44-18-8-6-16-42(44)48(43-17-7-9-19-45(43)49)37-25-22-36(23-26-37)40-27-24-35-14-4-5-15-39(35)32-40/h1-32H,33,50H2. The summed E-state index contributed by atoms with van der Waals surface area (Å²) in [5, 5.41) is 7.49. The van der Waals surface area contributed by atoms with E-state index in [-0.39, 0.29) is 0 Å². The third kappa shape index (κ3) is 5.67. The molecule has 2 N–H and O–H groups in total. The van der Waals surface area contributed by atoms with Crippen molar-refractivity contribution in [3.63, 3.8) is 0 Å². The normalized spacial score (nSPS) is 11.3. The second-order valence-electron chi connectivity index (χ2n) is 13.2. The minimum Gasteiger partial charge on any atom is -0.397 e. The fraction of sp³-hybridized carbons (Fsp3) is 0.0204. The summed E-state index contributed by atoms with van der Waals surface area (Å²) in [5.74, 6) is 0. The summed E-state index contributed by atoms with van der Waals surface area (Å²) in [5.41, 5.74) is 18.0. The average Bonchev–Trinajstić information content (AvgIpc) is 3.20. The Kier molecular flexibility index (Phi) is 7.75. The van der Waals surface area contributed by atoms with Gasteiger partial charge in [0.1, 0.15) is 0 Å². The number of hydrogen-bond acceptors (Lipinski definition) is 2. The summed E-state index contributed by atoms with van der Waals surface area (Å²) in [6.45, 7) is 0.717. The number of fused-ring (bicyclic) bond motifs is 3. The first kappa shape index (κ1) is 30.4. The van der Waals surface area contributed by atoms with Crippen LogP contribution in [0.2, 0.25) is 0 Å². The minimum absolute atomic E-state index is 0.717. The number of nitrogens with two attached hydrogens (primary N) is 1. The highest BCUT2D eigenvalue weighted by Crippen LogP contribution is 2.44. The predicted molar refractivity (Wildman–Crippen MR) is 218 cm³/mol. The van der Waals surface area contributed by atoms with Crippen LogP contribution in [-0.4, -0.2) is 0 Å². The Bertz CT molecular complexity index is 2600. The first-order valence-electron chi connectivity index (χ1n) is 17.5. The van der Waals surface area contributed by atoms with Crippen molar-refractivity contribution in [3.8, 4) is 33.4 Å². The predicted octanol–water partition coefficient (Wildman–Crippen LogP) is 13.1. The van der Waals surface area contributed by atoms with Crippen LogP contribution in [0.25, 0.3) is 65.7 Å². The van der Waals surface area contributed by atoms with Crippen LogP contribution in [0.4, 0.5) is 17.1 Å². The molecule has 9 aromatic rings. The van der Waals surface area contributed by atoms with Crippen molar-refractivity contribution in [2.45, 2.75) is 6.54 Å². The van der Waals surface area contributed by atoms with Gasteiger partial charge >= 0.3 is 0 Å². The SMILES string of the molecule is Nc1ccccc1N(Cc1ccccc1)c1ccc(-c2c3ccccc3c(-c3ccc(-c4ccc5ccccc5c4)cc3)c3ccccc23)cc1. The molecule has 0 bridgehead atoms. The first-order chi connectivity index (χ1) is 25.2. The molecule has 2 heteroatoms. The number of nitrogen functional groups attached to an aromatic ring is 1. The van der Waals surface area contributed by atoms with E-state index in [0.717, 1.165) is 17.1 Å². The monoisotopic (exact) mass is 652 g/mol. The van der Waals surface area contributed by atoms with Gasteiger partial charge in [0.15, 0.2) is 0 Å². The van der Waals surface area contributed by atoms with Crippen LogP contribution >= 0.6 is 0 Å². The molecule has 0 aliphatic heterocycles. The Morgan fingerprint density at radius 1 is 0.373 bits per heavy atom. The molecule has 0 amide bonds. The van der Waals surface area contributed by atoms with E-state index in [1.54, 1.807) is 0 Å². The van der Waals surface area contributed by atoms with Gasteiger partial charge in [-0.2, -0.15) is 0 Å². The van der Waals surface area contributed by atoms with Gasteiger partial charge in [-0.15, -0.1) is 0 Å². The smallest absolute Gasteiger partial charge is 0.0647 e. The molecular formula is C49H36N2. The summed E-state index contributed by atoms with van der Waals surface area (Å²) >= 11 is 0. The molecule has 0 spiro atoms. The lowest BCUT2D eigenvalue weighted by Crippen LogP contribution is -2.17. The Morgan fingerprint density at radius 2 is 0.843 bits per heavy atom. The van der Waals surface area contributed by atoms with E-state index < -0.39 is 0 Å². The van der Waals surface area contributed by atoms with E-state index in [2.05, 4.69) is 187 Å². The lowest BCUT2D eigenvalue weighted by molar-refractivity contribution is 0.977. The molecule has 0 unspecified atom stereocenters. The largest absolute Gasteiger partial charge is 0.397 e. The number of benzene rings is 9. The molecular weight excluding hydrogens is 617 g/mol. The molecule has 9 aromatic carbocycles. The topological polar surface area (TPSA) is 29.3 Å². The van der Waals surface area contributed by atoms with Gasteiger partial charge < -0.3 is 10.6 Å². The molecule has 0 fully saturated rings. The van der Waals surface area contributed by atoms with Crippen molar-refractivity contribution in [3.05, 3.63) is 200 Å². The Balaban J connectivity index is 1.14. The fourth-order valence-corrected chi connectivity index (χ4v) is 7.57. The van der Waals surface area contributed by atoms with Crippen LogP contribution in [0.15, 0.2) is 194 Å². The molecule has 0 heterocycles. The molecule has 0 saturated heterocycles. The van der Waals surface area contributed by atoms with Gasteiger partial charge in [-0.1, -0.05) is 164 Å². The van der Waals surface area contributed by atoms with E-state index in [1.807, 2.05) is 12.1 Å². The highest BCUT2D eigenvalue weighted by Gasteiger charge is 2.18. The van der Waals surface area contributed by atoms with Crippen molar-refractivity contribution in [1.29, 1.82) is 0 Å². The molecule has 0 aliphatic carbocycles. The molecule has 0 atom stereocenters. The van der Waals surface area contributed by atoms with Gasteiger partial charge in [-0.05, 0) is 102 Å². The van der Waals surface area contributed by atoms with E-state index in [1.165, 1.54) is 71.3 Å². The van der Waals surface area contributed by atoms with Gasteiger partial charge in [0.2, 0.25) is 0 Å². The van der Waals surface area contributed by atoms with Crippen molar-refractivity contribution in [1.82, 2.24) is 0 Å². The lowest BCUT2D eigenvalue weighted by atomic mass is 9.85. The minimum atomic E-state index is 0.717. The summed E-state index contributed by atoms with van der Waals surface area (Å²) < 4.78 is 0. The van der Waals surface area contributed by atoms with Crippen molar-refractivity contribution in [2.24, 2.45) is 0 Å². The number of nitrogens with zero attached hydrogens (tertiary/aromatic N) is 1. The maximum Gasteiger partial charge on any atom is 0.0647 e. The van der Waals surface area contributed by atoms with Gasteiger partial charge in [-0.3, -0.25) is 0 Å². The second kappa shape index (κ2) is 13.0. The highest BCUT2D eigenvalue weighted by atomic mass is 15.1. The molecule has 2 nitrogen and oxygen atoms in total. The highest BCUT2D eigenvalue weighted by molar-refractivity contribution is 6.21. The van der Waals surface area contributed by atoms with Gasteiger partial charge in [0, 0.05) is 12.2 Å². The molecule has 0 radical (unpaired) electrons. The summed E-state index contributed by atoms with van der Waals surface area (Å²) in [6.07, 6.45) is 0. The summed E-state index contributed by atoms with van der Waals surface area (Å²) in [7, 11) is 0. The molecule has 0 saturated carbocycles. The Hall–Kier alpha value is -6.64. The van der Waals surface area contributed by atoms with Crippen LogP contribution in [0.3, 0.4) is 0 Å². The van der Waals surface area contributed by atoms with Crippen molar-refractivity contribution >= 4 is 49.4 Å². The van der Waals surface area contributed by atoms with Crippen molar-refractivity contribution in [2.75, 3.05) is 10.6 Å². The van der Waals surface area contributed by atoms with E-state index in [4.69, 9.17) is 5.73 Å². The van der Waals surface area contributed by atoms with Crippen LogP contribution in [0.5, 0.6) is 0 Å². The van der Waals surface area contributed by atoms with Crippen LogP contribution in [0.1, 0.15) is 5.56 Å². The Morgan fingerprint density at radius 3 is 1.45 bits per heavy atom. The van der Waals surface area contributed by atoms with Crippen molar-refractivity contribution < 1.29 is 0 Å². The summed E-state index contributed by atoms with van der Waals surface area (Å²) in [6, 6.07) is 69.7. The molecule has 51 heavy (non-hydrogen) atoms. The zero-order valence-electron chi connectivity index (χ0n) is 28.2. The van der Waals surface area contributed by atoms with Crippen LogP contribution in [-0.2, 0) is 6.54 Å². The van der Waals surface area contributed by atoms with Gasteiger partial charge in [0.05, 0.1) is 11.4 Å². The molecule has 242 valence electrons. The fourth-order valence-electron chi connectivity index (χ4n) is 7.57. The number of rotatable bonds is 7. The Labute approximate surface area is 298 Å². The number of anilines is 3. The third-order valence-corrected chi connectivity index (χ3v) is 10.1. The lowest BCUT2D eigenvalue weighted by Gasteiger charge is -2.27. The quantitative estimate of drug-likeness (QED) is 0.137. The number of para-hydroxylation sites is 2. The number of hydrogen-bond donors (Lipinski definition) is 1. The summed E-state index contributed by atoms with van der Waals surface area (Å²) in [4.78, 5) is 2.30. The zero-order valence-corrected chi connectivity index (χ0v) is 28.2. The third-order valence-electron chi connectivity index (χ3n) is 10.1. The van der Waals surface area contributed by atoms with E-state index in [9.17, 15) is 0 Å². The zero-order chi connectivity index (χ0) is 34.1. The maximum atomic E-state index is 6.54. The maximum absolute atomic E-state index is 6.54. The second-order valence-corrected chi connectivity index (χ2v) is 13.2. The van der Waals surface area contributed by atoms with Crippen LogP contribution < -0.4 is 10.6 Å². The van der Waals surface area contributed by atoms with E-state index in [0.29, 0.717) is 6.54 Å².